The Balaban J connectivity index is 1.29. The van der Waals surface area contributed by atoms with Crippen molar-refractivity contribution in [2.24, 2.45) is 23.2 Å². The Morgan fingerprint density at radius 3 is 2.15 bits per heavy atom. The van der Waals surface area contributed by atoms with Crippen LogP contribution in [0.5, 0.6) is 0 Å². The van der Waals surface area contributed by atoms with Crippen LogP contribution in [0, 0.1) is 23.2 Å². The summed E-state index contributed by atoms with van der Waals surface area (Å²) in [6, 6.07) is 10.4. The highest BCUT2D eigenvalue weighted by Gasteiger charge is 2.50. The van der Waals surface area contributed by atoms with Gasteiger partial charge in [-0.2, -0.15) is 0 Å². The lowest BCUT2D eigenvalue weighted by Crippen LogP contribution is -2.46. The zero-order valence-electron chi connectivity index (χ0n) is 12.1. The highest BCUT2D eigenvalue weighted by atomic mass is 32.2. The van der Waals surface area contributed by atoms with Crippen molar-refractivity contribution in [2.75, 3.05) is 6.61 Å². The van der Waals surface area contributed by atoms with Gasteiger partial charge in [0.05, 0.1) is 6.61 Å². The van der Waals surface area contributed by atoms with Gasteiger partial charge in [0.2, 0.25) is 0 Å². The van der Waals surface area contributed by atoms with Crippen molar-refractivity contribution >= 4 is 12.0 Å². The van der Waals surface area contributed by atoms with Gasteiger partial charge in [0.1, 0.15) is 0 Å². The first-order chi connectivity index (χ1) is 9.81. The lowest BCUT2D eigenvalue weighted by atomic mass is 9.49. The van der Waals surface area contributed by atoms with Gasteiger partial charge in [-0.1, -0.05) is 18.2 Å². The quantitative estimate of drug-likeness (QED) is 0.536. The minimum absolute atomic E-state index is 0.659. The van der Waals surface area contributed by atoms with Crippen LogP contribution in [0.3, 0.4) is 0 Å². The monoisotopic (exact) mass is 288 g/mol. The van der Waals surface area contributed by atoms with Crippen molar-refractivity contribution in [3.63, 3.8) is 0 Å². The van der Waals surface area contributed by atoms with Crippen LogP contribution in [0.2, 0.25) is 0 Å². The van der Waals surface area contributed by atoms with Gasteiger partial charge >= 0.3 is 0 Å². The SMILES string of the molecule is c1ccc(SOCCC23CC4CC(CC(C4)C2)C3)cc1. The lowest BCUT2D eigenvalue weighted by Gasteiger charge is -2.57. The molecule has 0 unspecified atom stereocenters. The van der Waals surface area contributed by atoms with E-state index < -0.39 is 0 Å². The van der Waals surface area contributed by atoms with Crippen LogP contribution in [0.1, 0.15) is 44.9 Å². The summed E-state index contributed by atoms with van der Waals surface area (Å²) in [5.74, 6) is 3.18. The van der Waals surface area contributed by atoms with Crippen molar-refractivity contribution in [2.45, 2.75) is 49.8 Å². The molecule has 2 heteroatoms. The van der Waals surface area contributed by atoms with Crippen LogP contribution in [0.25, 0.3) is 0 Å². The van der Waals surface area contributed by atoms with E-state index >= 15 is 0 Å². The van der Waals surface area contributed by atoms with Crippen LogP contribution >= 0.6 is 12.0 Å². The molecule has 1 nitrogen and oxygen atoms in total. The summed E-state index contributed by atoms with van der Waals surface area (Å²) in [5, 5.41) is 0. The second-order valence-corrected chi connectivity index (χ2v) is 8.26. The van der Waals surface area contributed by atoms with Crippen LogP contribution in [-0.2, 0) is 4.18 Å². The second-order valence-electron chi connectivity index (χ2n) is 7.39. The smallest absolute Gasteiger partial charge is 0.0623 e. The van der Waals surface area contributed by atoms with Gasteiger partial charge in [-0.25, -0.2) is 0 Å². The molecule has 0 aromatic heterocycles. The summed E-state index contributed by atoms with van der Waals surface area (Å²) in [6.07, 6.45) is 10.4. The Labute approximate surface area is 126 Å². The average molecular weight is 288 g/mol. The van der Waals surface area contributed by atoms with Gasteiger partial charge in [0.15, 0.2) is 0 Å². The first kappa shape index (κ1) is 13.2. The zero-order chi connectivity index (χ0) is 13.4. The fourth-order valence-electron chi connectivity index (χ4n) is 5.44. The maximum absolute atomic E-state index is 5.88. The third-order valence-electron chi connectivity index (χ3n) is 5.78. The van der Waals surface area contributed by atoms with E-state index in [1.165, 1.54) is 49.8 Å². The largest absolute Gasteiger partial charge is 0.310 e. The number of hydrogen-bond acceptors (Lipinski definition) is 2. The summed E-state index contributed by atoms with van der Waals surface area (Å²) in [7, 11) is 0. The van der Waals surface area contributed by atoms with Crippen molar-refractivity contribution in [1.82, 2.24) is 0 Å². The lowest BCUT2D eigenvalue weighted by molar-refractivity contribution is -0.0615. The topological polar surface area (TPSA) is 9.23 Å². The molecule has 5 rings (SSSR count). The van der Waals surface area contributed by atoms with Gasteiger partial charge in [-0.3, -0.25) is 0 Å². The summed E-state index contributed by atoms with van der Waals surface area (Å²) in [5.41, 5.74) is 0.659. The first-order valence-electron chi connectivity index (χ1n) is 8.16. The average Bonchev–Trinajstić information content (AvgIpc) is 2.43. The molecule has 0 spiro atoms. The molecule has 1 aromatic carbocycles. The molecule has 0 saturated heterocycles. The molecular weight excluding hydrogens is 264 g/mol. The Kier molecular flexibility index (Phi) is 3.55. The van der Waals surface area contributed by atoms with E-state index in [2.05, 4.69) is 30.3 Å². The summed E-state index contributed by atoms with van der Waals surface area (Å²) in [4.78, 5) is 1.22. The Morgan fingerprint density at radius 2 is 1.55 bits per heavy atom. The van der Waals surface area contributed by atoms with Gasteiger partial charge < -0.3 is 4.18 Å². The van der Waals surface area contributed by atoms with Gasteiger partial charge in [0.25, 0.3) is 0 Å². The van der Waals surface area contributed by atoms with E-state index in [9.17, 15) is 0 Å². The normalized spacial score (nSPS) is 38.3. The summed E-state index contributed by atoms with van der Waals surface area (Å²) in [6.45, 7) is 0.922. The molecule has 0 N–H and O–H groups in total. The molecule has 0 aliphatic heterocycles. The summed E-state index contributed by atoms with van der Waals surface area (Å²) >= 11 is 1.55. The molecule has 0 atom stereocenters. The van der Waals surface area contributed by atoms with E-state index in [0.717, 1.165) is 24.4 Å². The molecular formula is C18H24OS. The van der Waals surface area contributed by atoms with Crippen LogP contribution in [0.4, 0.5) is 0 Å². The highest BCUT2D eigenvalue weighted by molar-refractivity contribution is 7.94. The fourth-order valence-corrected chi connectivity index (χ4v) is 6.01. The van der Waals surface area contributed by atoms with Gasteiger partial charge in [-0.05, 0) is 80.2 Å². The molecule has 1 aromatic rings. The van der Waals surface area contributed by atoms with Gasteiger partial charge in [0, 0.05) is 16.9 Å². The van der Waals surface area contributed by atoms with Crippen LogP contribution in [0.15, 0.2) is 35.2 Å². The van der Waals surface area contributed by atoms with E-state index in [1.807, 2.05) is 0 Å². The molecule has 0 radical (unpaired) electrons. The number of benzene rings is 1. The Morgan fingerprint density at radius 1 is 0.950 bits per heavy atom. The van der Waals surface area contributed by atoms with Crippen molar-refractivity contribution in [3.05, 3.63) is 30.3 Å². The third-order valence-corrected chi connectivity index (χ3v) is 6.53. The van der Waals surface area contributed by atoms with Crippen LogP contribution in [-0.4, -0.2) is 6.61 Å². The third kappa shape index (κ3) is 2.65. The molecule has 20 heavy (non-hydrogen) atoms. The van der Waals surface area contributed by atoms with Crippen molar-refractivity contribution < 1.29 is 4.18 Å². The summed E-state index contributed by atoms with van der Waals surface area (Å²) < 4.78 is 5.88. The second kappa shape index (κ2) is 5.38. The van der Waals surface area contributed by atoms with E-state index in [-0.39, 0.29) is 0 Å². The predicted molar refractivity (Wildman–Crippen MR) is 83.5 cm³/mol. The zero-order valence-corrected chi connectivity index (χ0v) is 12.9. The van der Waals surface area contributed by atoms with E-state index in [4.69, 9.17) is 4.18 Å². The molecule has 0 heterocycles. The maximum Gasteiger partial charge on any atom is 0.0623 e. The molecule has 4 aliphatic carbocycles. The Bertz CT molecular complexity index is 420. The molecule has 108 valence electrons. The van der Waals surface area contributed by atoms with Crippen molar-refractivity contribution in [3.8, 4) is 0 Å². The van der Waals surface area contributed by atoms with Crippen molar-refractivity contribution in [1.29, 1.82) is 0 Å². The Hall–Kier alpha value is -0.470. The molecule has 4 aliphatic rings. The fraction of sp³-hybridized carbons (Fsp3) is 0.667. The molecule has 0 amide bonds. The number of hydrogen-bond donors (Lipinski definition) is 0. The minimum Gasteiger partial charge on any atom is -0.310 e. The minimum atomic E-state index is 0.659. The predicted octanol–water partition coefficient (Wildman–Crippen LogP) is 5.32. The van der Waals surface area contributed by atoms with Crippen LogP contribution < -0.4 is 0 Å². The first-order valence-corrected chi connectivity index (χ1v) is 8.90. The number of rotatable bonds is 5. The maximum atomic E-state index is 5.88. The molecule has 4 bridgehead atoms. The highest BCUT2D eigenvalue weighted by Crippen LogP contribution is 2.61. The molecule has 4 saturated carbocycles. The van der Waals surface area contributed by atoms with E-state index in [0.29, 0.717) is 5.41 Å². The van der Waals surface area contributed by atoms with Gasteiger partial charge in [-0.15, -0.1) is 0 Å². The van der Waals surface area contributed by atoms with E-state index in [1.54, 1.807) is 12.0 Å². The standard InChI is InChI=1S/C18H24OS/c1-2-4-17(5-3-1)20-19-7-6-18-11-14-8-15(12-18)10-16(9-14)13-18/h1-5,14-16H,6-13H2. The molecule has 4 fully saturated rings.